The Morgan fingerprint density at radius 3 is 2.55 bits per heavy atom. The molecule has 2 rings (SSSR count). The van der Waals surface area contributed by atoms with Crippen molar-refractivity contribution in [2.24, 2.45) is 0 Å². The van der Waals surface area contributed by atoms with E-state index in [2.05, 4.69) is 41.9 Å². The fraction of sp³-hybridized carbons (Fsp3) is 0.353. The molecular formula is C17H22N2O. The van der Waals surface area contributed by atoms with Crippen molar-refractivity contribution < 1.29 is 0 Å². The van der Waals surface area contributed by atoms with Crippen LogP contribution in [0.5, 0.6) is 0 Å². The Morgan fingerprint density at radius 1 is 1.15 bits per heavy atom. The number of benzene rings is 1. The summed E-state index contributed by atoms with van der Waals surface area (Å²) in [6.07, 6.45) is 1.96. The maximum Gasteiger partial charge on any atom is 0.186 e. The Morgan fingerprint density at radius 2 is 1.90 bits per heavy atom. The van der Waals surface area contributed by atoms with Crippen molar-refractivity contribution in [3.63, 3.8) is 0 Å². The van der Waals surface area contributed by atoms with Crippen LogP contribution < -0.4 is 10.7 Å². The molecule has 20 heavy (non-hydrogen) atoms. The second kappa shape index (κ2) is 6.06. The van der Waals surface area contributed by atoms with Gasteiger partial charge in [0.1, 0.15) is 0 Å². The monoisotopic (exact) mass is 270 g/mol. The van der Waals surface area contributed by atoms with E-state index >= 15 is 0 Å². The molecule has 106 valence electrons. The number of hydrogen-bond acceptors (Lipinski definition) is 2. The summed E-state index contributed by atoms with van der Waals surface area (Å²) in [5.74, 6) is 0. The molecule has 1 heterocycles. The van der Waals surface area contributed by atoms with Crippen molar-refractivity contribution in [1.29, 1.82) is 0 Å². The molecule has 3 nitrogen and oxygen atoms in total. The highest BCUT2D eigenvalue weighted by atomic mass is 16.1. The summed E-state index contributed by atoms with van der Waals surface area (Å²) in [5.41, 5.74) is 5.46. The Hall–Kier alpha value is -1.87. The first kappa shape index (κ1) is 14.5. The molecule has 0 spiro atoms. The van der Waals surface area contributed by atoms with Gasteiger partial charge < -0.3 is 9.88 Å². The molecule has 0 saturated carbocycles. The first-order chi connectivity index (χ1) is 9.52. The zero-order valence-electron chi connectivity index (χ0n) is 12.7. The van der Waals surface area contributed by atoms with Gasteiger partial charge in [0.05, 0.1) is 0 Å². The summed E-state index contributed by atoms with van der Waals surface area (Å²) in [4.78, 5) is 12.0. The minimum Gasteiger partial charge on any atom is -0.320 e. The zero-order valence-corrected chi connectivity index (χ0v) is 12.7. The zero-order chi connectivity index (χ0) is 14.7. The molecule has 0 atom stereocenters. The fourth-order valence-corrected chi connectivity index (χ4v) is 2.40. The Labute approximate surface area is 120 Å². The van der Waals surface area contributed by atoms with E-state index < -0.39 is 0 Å². The van der Waals surface area contributed by atoms with Crippen LogP contribution in [0, 0.1) is 20.8 Å². The predicted molar refractivity (Wildman–Crippen MR) is 83.6 cm³/mol. The molecule has 0 amide bonds. The van der Waals surface area contributed by atoms with Crippen LogP contribution in [0.4, 0.5) is 0 Å². The third-order valence-electron chi connectivity index (χ3n) is 3.50. The van der Waals surface area contributed by atoms with Crippen LogP contribution in [0.25, 0.3) is 5.69 Å². The summed E-state index contributed by atoms with van der Waals surface area (Å²) in [6, 6.07) is 8.09. The Kier molecular flexibility index (Phi) is 4.40. The number of nitrogens with zero attached hydrogens (tertiary/aromatic N) is 1. The van der Waals surface area contributed by atoms with Crippen molar-refractivity contribution in [1.82, 2.24) is 9.88 Å². The molecule has 0 unspecified atom stereocenters. The molecule has 1 N–H and O–H groups in total. The van der Waals surface area contributed by atoms with Crippen molar-refractivity contribution in [2.75, 3.05) is 6.54 Å². The van der Waals surface area contributed by atoms with Gasteiger partial charge >= 0.3 is 0 Å². The smallest absolute Gasteiger partial charge is 0.186 e. The maximum absolute atomic E-state index is 12.0. The highest BCUT2D eigenvalue weighted by Gasteiger charge is 2.07. The van der Waals surface area contributed by atoms with Gasteiger partial charge in [-0.3, -0.25) is 4.79 Å². The quantitative estimate of drug-likeness (QED) is 0.927. The summed E-state index contributed by atoms with van der Waals surface area (Å²) in [5, 5.41) is 3.21. The van der Waals surface area contributed by atoms with Gasteiger partial charge in [0.25, 0.3) is 0 Å². The molecule has 1 aromatic heterocycles. The number of aromatic nitrogens is 1. The minimum atomic E-state index is 0.101. The van der Waals surface area contributed by atoms with Crippen LogP contribution in [-0.4, -0.2) is 11.1 Å². The highest BCUT2D eigenvalue weighted by molar-refractivity contribution is 5.44. The molecule has 0 radical (unpaired) electrons. The van der Waals surface area contributed by atoms with E-state index in [-0.39, 0.29) is 5.43 Å². The first-order valence-corrected chi connectivity index (χ1v) is 7.03. The highest BCUT2D eigenvalue weighted by Crippen LogP contribution is 2.17. The van der Waals surface area contributed by atoms with E-state index in [1.807, 2.05) is 20.0 Å². The molecule has 0 aliphatic carbocycles. The second-order valence-electron chi connectivity index (χ2n) is 5.24. The molecule has 0 aliphatic heterocycles. The van der Waals surface area contributed by atoms with Gasteiger partial charge in [0.2, 0.25) is 0 Å². The van der Waals surface area contributed by atoms with E-state index in [0.29, 0.717) is 6.54 Å². The number of pyridine rings is 1. The standard InChI is InChI=1S/C17H22N2O/c1-5-18-10-15-11-19(14(4)9-17(15)20)16-7-6-12(2)8-13(16)3/h6-9,11,18H,5,10H2,1-4H3. The topological polar surface area (TPSA) is 34.0 Å². The average Bonchev–Trinajstić information content (AvgIpc) is 2.39. The van der Waals surface area contributed by atoms with E-state index in [9.17, 15) is 4.79 Å². The van der Waals surface area contributed by atoms with Gasteiger partial charge in [-0.1, -0.05) is 24.6 Å². The van der Waals surface area contributed by atoms with Crippen molar-refractivity contribution >= 4 is 0 Å². The van der Waals surface area contributed by atoms with Crippen LogP contribution in [0.15, 0.2) is 35.3 Å². The average molecular weight is 270 g/mol. The van der Waals surface area contributed by atoms with Crippen molar-refractivity contribution in [3.8, 4) is 5.69 Å². The van der Waals surface area contributed by atoms with Gasteiger partial charge in [-0.25, -0.2) is 0 Å². The molecule has 0 saturated heterocycles. The summed E-state index contributed by atoms with van der Waals surface area (Å²) in [6.45, 7) is 9.67. The largest absolute Gasteiger partial charge is 0.320 e. The molecular weight excluding hydrogens is 248 g/mol. The third-order valence-corrected chi connectivity index (χ3v) is 3.50. The second-order valence-corrected chi connectivity index (χ2v) is 5.24. The van der Waals surface area contributed by atoms with Gasteiger partial charge in [-0.05, 0) is 38.9 Å². The van der Waals surface area contributed by atoms with E-state index in [1.54, 1.807) is 6.07 Å². The lowest BCUT2D eigenvalue weighted by atomic mass is 10.1. The number of rotatable bonds is 4. The number of hydrogen-bond donors (Lipinski definition) is 1. The van der Waals surface area contributed by atoms with Gasteiger partial charge in [0, 0.05) is 35.8 Å². The summed E-state index contributed by atoms with van der Waals surface area (Å²) < 4.78 is 2.10. The molecule has 3 heteroatoms. The van der Waals surface area contributed by atoms with Gasteiger partial charge in [-0.2, -0.15) is 0 Å². The lowest BCUT2D eigenvalue weighted by Gasteiger charge is -2.15. The van der Waals surface area contributed by atoms with Gasteiger partial charge in [0.15, 0.2) is 5.43 Å². The van der Waals surface area contributed by atoms with E-state index in [0.717, 1.165) is 23.5 Å². The van der Waals surface area contributed by atoms with E-state index in [1.165, 1.54) is 11.1 Å². The SMILES string of the molecule is CCNCc1cn(-c2ccc(C)cc2C)c(C)cc1=O. The lowest BCUT2D eigenvalue weighted by Crippen LogP contribution is -2.21. The molecule has 0 fully saturated rings. The Bertz CT molecular complexity index is 671. The molecule has 0 aliphatic rings. The number of aryl methyl sites for hydroxylation is 3. The maximum atomic E-state index is 12.0. The molecule has 1 aromatic carbocycles. The van der Waals surface area contributed by atoms with Crippen LogP contribution in [-0.2, 0) is 6.54 Å². The third kappa shape index (κ3) is 2.99. The van der Waals surface area contributed by atoms with E-state index in [4.69, 9.17) is 0 Å². The summed E-state index contributed by atoms with van der Waals surface area (Å²) in [7, 11) is 0. The van der Waals surface area contributed by atoms with Gasteiger partial charge in [-0.15, -0.1) is 0 Å². The first-order valence-electron chi connectivity index (χ1n) is 7.03. The normalized spacial score (nSPS) is 10.8. The predicted octanol–water partition coefficient (Wildman–Crippen LogP) is 2.87. The van der Waals surface area contributed by atoms with Crippen LogP contribution in [0.1, 0.15) is 29.3 Å². The minimum absolute atomic E-state index is 0.101. The van der Waals surface area contributed by atoms with Crippen LogP contribution >= 0.6 is 0 Å². The fourth-order valence-electron chi connectivity index (χ4n) is 2.40. The van der Waals surface area contributed by atoms with Crippen molar-refractivity contribution in [3.05, 3.63) is 63.1 Å². The lowest BCUT2D eigenvalue weighted by molar-refractivity contribution is 0.715. The molecule has 0 bridgehead atoms. The Balaban J connectivity index is 2.53. The van der Waals surface area contributed by atoms with Crippen LogP contribution in [0.2, 0.25) is 0 Å². The van der Waals surface area contributed by atoms with Crippen LogP contribution in [0.3, 0.4) is 0 Å². The van der Waals surface area contributed by atoms with Crippen molar-refractivity contribution in [2.45, 2.75) is 34.2 Å². The molecule has 2 aromatic rings. The summed E-state index contributed by atoms with van der Waals surface area (Å²) >= 11 is 0. The number of nitrogens with one attached hydrogen (secondary N) is 1.